The number of fused-ring (bicyclic) bond motifs is 2. The third-order valence-electron chi connectivity index (χ3n) is 8.86. The minimum absolute atomic E-state index is 0.0132. The van der Waals surface area contributed by atoms with Crippen LogP contribution >= 0.6 is 19.2 Å². The molecule has 1 aromatic heterocycles. The first kappa shape index (κ1) is 36.4. The summed E-state index contributed by atoms with van der Waals surface area (Å²) in [4.78, 5) is 22.4. The minimum Gasteiger partial charge on any atom is -0.449 e. The Morgan fingerprint density at radius 1 is 0.884 bits per heavy atom. The zero-order valence-corrected chi connectivity index (χ0v) is 28.2. The van der Waals surface area contributed by atoms with Gasteiger partial charge >= 0.3 is 13.9 Å². The van der Waals surface area contributed by atoms with Gasteiger partial charge in [0.1, 0.15) is 6.61 Å². The quantitative estimate of drug-likeness (QED) is 0.0598. The van der Waals surface area contributed by atoms with Gasteiger partial charge in [0.2, 0.25) is 5.51 Å². The number of alkyl carbamates (subject to hydrolysis) is 1. The zero-order valence-electron chi connectivity index (χ0n) is 26.5. The molecule has 2 aliphatic rings. The van der Waals surface area contributed by atoms with Crippen LogP contribution in [0.25, 0.3) is 0 Å². The number of carbonyl (C=O) groups is 1. The van der Waals surface area contributed by atoms with Crippen molar-refractivity contribution in [2.45, 2.75) is 141 Å². The van der Waals surface area contributed by atoms with E-state index in [1.807, 2.05) is 21.7 Å². The highest BCUT2D eigenvalue weighted by Crippen LogP contribution is 2.48. The second kappa shape index (κ2) is 21.7. The lowest BCUT2D eigenvalue weighted by Crippen LogP contribution is -2.36. The molecule has 0 spiro atoms. The van der Waals surface area contributed by atoms with E-state index in [1.165, 1.54) is 89.9 Å². The Kier molecular flexibility index (Phi) is 18.4. The van der Waals surface area contributed by atoms with Gasteiger partial charge in [-0.2, -0.15) is 4.57 Å². The summed E-state index contributed by atoms with van der Waals surface area (Å²) in [5.74, 6) is -0.163. The highest BCUT2D eigenvalue weighted by molar-refractivity contribution is 7.47. The summed E-state index contributed by atoms with van der Waals surface area (Å²) in [7, 11) is -4.18. The third-order valence-corrected chi connectivity index (χ3v) is 10.5. The summed E-state index contributed by atoms with van der Waals surface area (Å²) < 4.78 is 36.3. The van der Waals surface area contributed by atoms with Gasteiger partial charge in [0.15, 0.2) is 12.7 Å². The van der Waals surface area contributed by atoms with E-state index in [0.29, 0.717) is 13.1 Å². The number of unbranched alkanes of at least 4 members (excludes halogenated alkanes) is 15. The number of ether oxygens (including phenoxy) is 2. The molecule has 11 heteroatoms. The average Bonchev–Trinajstić information content (AvgIpc) is 3.75. The molecule has 2 bridgehead atoms. The van der Waals surface area contributed by atoms with Crippen LogP contribution in [0.3, 0.4) is 0 Å². The van der Waals surface area contributed by atoms with Crippen LogP contribution in [0.15, 0.2) is 17.1 Å². The van der Waals surface area contributed by atoms with Crippen LogP contribution in [-0.4, -0.2) is 49.6 Å². The highest BCUT2D eigenvalue weighted by atomic mass is 32.1. The maximum atomic E-state index is 12.4. The first-order valence-corrected chi connectivity index (χ1v) is 19.5. The molecule has 9 nitrogen and oxygen atoms in total. The molecule has 3 rings (SSSR count). The summed E-state index contributed by atoms with van der Waals surface area (Å²) in [5, 5.41) is 4.79. The molecule has 1 amide bonds. The van der Waals surface area contributed by atoms with E-state index < -0.39 is 13.9 Å². The zero-order chi connectivity index (χ0) is 30.6. The number of aromatic nitrogens is 1. The van der Waals surface area contributed by atoms with Crippen LogP contribution in [0.5, 0.6) is 0 Å². The van der Waals surface area contributed by atoms with Gasteiger partial charge in [-0.1, -0.05) is 115 Å². The van der Waals surface area contributed by atoms with Crippen molar-refractivity contribution in [3.05, 3.63) is 17.1 Å². The topological polar surface area (TPSA) is 107 Å². The molecule has 5 atom stereocenters. The van der Waals surface area contributed by atoms with Gasteiger partial charge < -0.3 is 19.7 Å². The van der Waals surface area contributed by atoms with Gasteiger partial charge in [-0.15, -0.1) is 0 Å². The van der Waals surface area contributed by atoms with Gasteiger partial charge in [-0.25, -0.2) is 9.36 Å². The van der Waals surface area contributed by atoms with Crippen molar-refractivity contribution < 1.29 is 37.3 Å². The average molecular weight is 646 g/mol. The Labute approximate surface area is 264 Å². The third kappa shape index (κ3) is 15.2. The monoisotopic (exact) mass is 645 g/mol. The molecule has 0 saturated carbocycles. The number of hydrogen-bond acceptors (Lipinski definition) is 7. The largest absolute Gasteiger partial charge is 0.472 e. The summed E-state index contributed by atoms with van der Waals surface area (Å²) in [6, 6.07) is 0. The number of amides is 1. The molecule has 0 aromatic carbocycles. The van der Waals surface area contributed by atoms with Crippen molar-refractivity contribution in [3.8, 4) is 0 Å². The Hall–Kier alpha value is -1.03. The van der Waals surface area contributed by atoms with Crippen LogP contribution in [0.1, 0.15) is 122 Å². The molecular formula is C32H58N2O7PS+. The van der Waals surface area contributed by atoms with E-state index >= 15 is 0 Å². The molecule has 248 valence electrons. The van der Waals surface area contributed by atoms with Gasteiger partial charge in [0, 0.05) is 18.4 Å². The van der Waals surface area contributed by atoms with Crippen molar-refractivity contribution in [1.82, 2.24) is 5.32 Å². The fraction of sp³-hybridized carbons (Fsp3) is 0.875. The number of phosphoric acid groups is 1. The lowest BCUT2D eigenvalue weighted by molar-refractivity contribution is -0.693. The lowest BCUT2D eigenvalue weighted by Gasteiger charge is -2.27. The van der Waals surface area contributed by atoms with Crippen molar-refractivity contribution in [1.29, 1.82) is 0 Å². The number of carbonyl (C=O) groups excluding carboxylic acids is 1. The maximum Gasteiger partial charge on any atom is 0.472 e. The Morgan fingerprint density at radius 3 is 2.00 bits per heavy atom. The number of thiazole rings is 1. The summed E-state index contributed by atoms with van der Waals surface area (Å²) >= 11 is 1.54. The summed E-state index contributed by atoms with van der Waals surface area (Å²) in [5.41, 5.74) is 1.90. The van der Waals surface area contributed by atoms with Crippen LogP contribution in [-0.2, 0) is 29.6 Å². The highest BCUT2D eigenvalue weighted by Gasteiger charge is 2.50. The van der Waals surface area contributed by atoms with Crippen molar-refractivity contribution in [2.75, 3.05) is 26.4 Å². The molecule has 0 aliphatic carbocycles. The second-order valence-corrected chi connectivity index (χ2v) is 14.5. The van der Waals surface area contributed by atoms with Gasteiger partial charge in [0.05, 0.1) is 30.8 Å². The minimum atomic E-state index is -4.18. The Balaban J connectivity index is 1.15. The van der Waals surface area contributed by atoms with Crippen molar-refractivity contribution in [2.24, 2.45) is 11.8 Å². The number of hydrogen-bond donors (Lipinski definition) is 2. The summed E-state index contributed by atoms with van der Waals surface area (Å²) in [6.45, 7) is 3.69. The molecular weight excluding hydrogens is 587 g/mol. The molecule has 3 heterocycles. The number of nitrogens with one attached hydrogen (secondary N) is 1. The lowest BCUT2D eigenvalue weighted by atomic mass is 9.80. The summed E-state index contributed by atoms with van der Waals surface area (Å²) in [6.07, 6.45) is 24.4. The molecule has 43 heavy (non-hydrogen) atoms. The molecule has 2 aliphatic heterocycles. The fourth-order valence-electron chi connectivity index (χ4n) is 6.29. The number of rotatable bonds is 26. The van der Waals surface area contributed by atoms with E-state index in [2.05, 4.69) is 12.2 Å². The van der Waals surface area contributed by atoms with E-state index in [1.54, 1.807) is 11.3 Å². The van der Waals surface area contributed by atoms with E-state index in [9.17, 15) is 14.3 Å². The SMILES string of the molecule is CCCCCCCCCCCCCCCCCCNC(=O)OC[C@@H]1[C@H](COP(=O)(O)OCC[n+]2ccsc2)[C@@H]2CC[C@H]1O2. The van der Waals surface area contributed by atoms with Crippen LogP contribution in [0.4, 0.5) is 4.79 Å². The van der Waals surface area contributed by atoms with Gasteiger partial charge in [-0.3, -0.25) is 9.05 Å². The van der Waals surface area contributed by atoms with Crippen molar-refractivity contribution in [3.63, 3.8) is 0 Å². The van der Waals surface area contributed by atoms with Gasteiger partial charge in [0.25, 0.3) is 0 Å². The Morgan fingerprint density at radius 2 is 1.44 bits per heavy atom. The van der Waals surface area contributed by atoms with E-state index in [-0.39, 0.29) is 43.9 Å². The molecule has 1 unspecified atom stereocenters. The predicted molar refractivity (Wildman–Crippen MR) is 170 cm³/mol. The molecule has 2 N–H and O–H groups in total. The van der Waals surface area contributed by atoms with Gasteiger partial charge in [-0.05, 0) is 19.3 Å². The standard InChI is InChI=1S/C32H57N2O7PS/c1-2-3-4-5-6-7-8-9-10-11-12-13-14-15-16-17-20-33-32(35)38-25-28-29(31-19-18-30(28)41-31)26-40-42(36,37)39-23-21-34-22-24-43-27-34/h22,24,27-31H,2-21,23,25-26H2,1H3,(H-,33,35,36,37)/p+1/t28-,29+,30-,31+/m1/s1. The normalized spacial score (nSPS) is 22.6. The van der Waals surface area contributed by atoms with E-state index in [4.69, 9.17) is 18.5 Å². The van der Waals surface area contributed by atoms with E-state index in [0.717, 1.165) is 25.7 Å². The maximum absolute atomic E-state index is 12.4. The molecule has 2 saturated heterocycles. The first-order valence-electron chi connectivity index (χ1n) is 17.1. The first-order chi connectivity index (χ1) is 21.0. The van der Waals surface area contributed by atoms with Crippen LogP contribution in [0.2, 0.25) is 0 Å². The smallest absolute Gasteiger partial charge is 0.449 e. The predicted octanol–water partition coefficient (Wildman–Crippen LogP) is 7.95. The Bertz CT molecular complexity index is 906. The van der Waals surface area contributed by atoms with Crippen molar-refractivity contribution >= 4 is 25.3 Å². The molecule has 2 fully saturated rings. The fourth-order valence-corrected chi connectivity index (χ4v) is 7.66. The molecule has 1 aromatic rings. The number of phosphoric ester groups is 1. The van der Waals surface area contributed by atoms with Crippen LogP contribution < -0.4 is 9.88 Å². The number of nitrogens with zero attached hydrogens (tertiary/aromatic N) is 1. The molecule has 0 radical (unpaired) electrons. The second-order valence-electron chi connectivity index (χ2n) is 12.3. The van der Waals surface area contributed by atoms with Crippen LogP contribution in [0, 0.1) is 11.8 Å².